The molecular weight excluding hydrogens is 544 g/mol. The number of nitrogens with zero attached hydrogens (tertiary/aromatic N) is 1. The summed E-state index contributed by atoms with van der Waals surface area (Å²) in [5.74, 6) is 1.40. The maximum absolute atomic E-state index is 13.9. The molecule has 1 saturated carbocycles. The second-order valence-corrected chi connectivity index (χ2v) is 12.9. The Balaban J connectivity index is 1.16. The molecule has 3 aliphatic rings. The Labute approximate surface area is 252 Å². The van der Waals surface area contributed by atoms with Gasteiger partial charge in [-0.05, 0) is 86.2 Å². The van der Waals surface area contributed by atoms with Crippen LogP contribution in [0.15, 0.2) is 65.6 Å². The highest BCUT2D eigenvalue weighted by Gasteiger charge is 2.40. The molecule has 1 aliphatic carbocycles. The Morgan fingerprint density at radius 2 is 1.76 bits per heavy atom. The van der Waals surface area contributed by atoms with Gasteiger partial charge in [-0.2, -0.15) is 0 Å². The average Bonchev–Trinajstić information content (AvgIpc) is 3.01. The number of rotatable bonds is 6. The Kier molecular flexibility index (Phi) is 8.29. The zero-order valence-corrected chi connectivity index (χ0v) is 25.3. The quantitative estimate of drug-likeness (QED) is 0.317. The standard InChI is InChI=1S/C35H38N2O4S/c1-22-8-9-23(2)28(18-22)21-37-29-6-4-5-7-32(29)42-33(35(37)39)19-25-10-12-26(13-11-25)34(38)36-24(3)27-14-15-30-31(20-27)41-17-16-40-30/h8-15,18-20,24,29,32H,4-7,16-17,21H2,1-3H3,(H,36,38)/b33-19-. The number of hydrogen-bond donors (Lipinski definition) is 1. The fraction of sp³-hybridized carbons (Fsp3) is 0.371. The molecule has 1 N–H and O–H groups in total. The van der Waals surface area contributed by atoms with Crippen LogP contribution >= 0.6 is 11.8 Å². The Bertz CT molecular complexity index is 1520. The average molecular weight is 583 g/mol. The minimum absolute atomic E-state index is 0.110. The maximum Gasteiger partial charge on any atom is 0.260 e. The van der Waals surface area contributed by atoms with E-state index in [0.29, 0.717) is 36.3 Å². The van der Waals surface area contributed by atoms with Crippen molar-refractivity contribution in [2.24, 2.45) is 0 Å². The first-order valence-electron chi connectivity index (χ1n) is 14.9. The number of thioether (sulfide) groups is 1. The van der Waals surface area contributed by atoms with Crippen molar-refractivity contribution >= 4 is 29.7 Å². The smallest absolute Gasteiger partial charge is 0.260 e. The van der Waals surface area contributed by atoms with E-state index in [1.807, 2.05) is 55.5 Å². The summed E-state index contributed by atoms with van der Waals surface area (Å²) in [6.45, 7) is 7.90. The molecule has 3 unspecified atom stereocenters. The molecule has 0 bridgehead atoms. The number of carbonyl (C=O) groups is 2. The molecular formula is C35H38N2O4S. The SMILES string of the molecule is Cc1ccc(C)c(CN2C(=O)/C(=C/c3ccc(C(=O)NC(C)c4ccc5c(c4)OCCO5)cc3)SC3CCCCC32)c1. The van der Waals surface area contributed by atoms with Gasteiger partial charge < -0.3 is 19.7 Å². The van der Waals surface area contributed by atoms with Crippen LogP contribution in [0.3, 0.4) is 0 Å². The van der Waals surface area contributed by atoms with E-state index in [1.54, 1.807) is 11.8 Å². The van der Waals surface area contributed by atoms with Gasteiger partial charge in [0.05, 0.1) is 10.9 Å². The van der Waals surface area contributed by atoms with Crippen LogP contribution < -0.4 is 14.8 Å². The van der Waals surface area contributed by atoms with Crippen molar-refractivity contribution in [2.45, 2.75) is 70.3 Å². The lowest BCUT2D eigenvalue weighted by atomic mass is 9.92. The molecule has 7 heteroatoms. The number of aryl methyl sites for hydroxylation is 2. The van der Waals surface area contributed by atoms with Crippen LogP contribution in [0.25, 0.3) is 6.08 Å². The number of fused-ring (bicyclic) bond motifs is 2. The van der Waals surface area contributed by atoms with Gasteiger partial charge in [0.1, 0.15) is 13.2 Å². The topological polar surface area (TPSA) is 67.9 Å². The predicted octanol–water partition coefficient (Wildman–Crippen LogP) is 6.99. The molecule has 2 aliphatic heterocycles. The van der Waals surface area contributed by atoms with E-state index >= 15 is 0 Å². The third kappa shape index (κ3) is 6.07. The molecule has 3 aromatic carbocycles. The van der Waals surface area contributed by atoms with E-state index in [-0.39, 0.29) is 23.9 Å². The van der Waals surface area contributed by atoms with Crippen molar-refractivity contribution in [3.8, 4) is 11.5 Å². The zero-order chi connectivity index (χ0) is 29.2. The van der Waals surface area contributed by atoms with Gasteiger partial charge >= 0.3 is 0 Å². The van der Waals surface area contributed by atoms with Crippen molar-refractivity contribution < 1.29 is 19.1 Å². The Morgan fingerprint density at radius 3 is 2.57 bits per heavy atom. The number of nitrogens with one attached hydrogen (secondary N) is 1. The summed E-state index contributed by atoms with van der Waals surface area (Å²) in [6.07, 6.45) is 6.57. The van der Waals surface area contributed by atoms with Crippen molar-refractivity contribution in [1.82, 2.24) is 10.2 Å². The third-order valence-electron chi connectivity index (χ3n) is 8.55. The number of benzene rings is 3. The lowest BCUT2D eigenvalue weighted by Crippen LogP contribution is -2.50. The van der Waals surface area contributed by atoms with E-state index in [0.717, 1.165) is 34.6 Å². The second kappa shape index (κ2) is 12.3. The lowest BCUT2D eigenvalue weighted by Gasteiger charge is -2.44. The van der Waals surface area contributed by atoms with Crippen molar-refractivity contribution in [2.75, 3.05) is 13.2 Å². The van der Waals surface area contributed by atoms with Gasteiger partial charge in [-0.1, -0.05) is 54.8 Å². The molecule has 0 aromatic heterocycles. The third-order valence-corrected chi connectivity index (χ3v) is 9.95. The van der Waals surface area contributed by atoms with Gasteiger partial charge in [-0.3, -0.25) is 9.59 Å². The summed E-state index contributed by atoms with van der Waals surface area (Å²) in [7, 11) is 0. The Morgan fingerprint density at radius 1 is 1.00 bits per heavy atom. The molecule has 6 nitrogen and oxygen atoms in total. The van der Waals surface area contributed by atoms with E-state index in [9.17, 15) is 9.59 Å². The highest BCUT2D eigenvalue weighted by atomic mass is 32.2. The van der Waals surface area contributed by atoms with Gasteiger partial charge in [-0.25, -0.2) is 0 Å². The Hall–Kier alpha value is -3.71. The zero-order valence-electron chi connectivity index (χ0n) is 24.5. The maximum atomic E-state index is 13.9. The van der Waals surface area contributed by atoms with Crippen molar-refractivity contribution in [3.05, 3.63) is 98.9 Å². The molecule has 218 valence electrons. The van der Waals surface area contributed by atoms with E-state index < -0.39 is 0 Å². The molecule has 2 amide bonds. The minimum Gasteiger partial charge on any atom is -0.486 e. The van der Waals surface area contributed by atoms with Gasteiger partial charge in [0.15, 0.2) is 11.5 Å². The molecule has 2 heterocycles. The molecule has 0 radical (unpaired) electrons. The summed E-state index contributed by atoms with van der Waals surface area (Å²) >= 11 is 1.74. The minimum atomic E-state index is -0.196. The number of carbonyl (C=O) groups excluding carboxylic acids is 2. The molecule has 3 aromatic rings. The highest BCUT2D eigenvalue weighted by Crippen LogP contribution is 2.43. The van der Waals surface area contributed by atoms with Crippen LogP contribution in [0, 0.1) is 13.8 Å². The van der Waals surface area contributed by atoms with Crippen LogP contribution in [0.2, 0.25) is 0 Å². The van der Waals surface area contributed by atoms with Gasteiger partial charge in [-0.15, -0.1) is 11.8 Å². The monoisotopic (exact) mass is 582 g/mol. The predicted molar refractivity (Wildman–Crippen MR) is 168 cm³/mol. The van der Waals surface area contributed by atoms with Gasteiger partial charge in [0.25, 0.3) is 11.8 Å². The first kappa shape index (κ1) is 28.4. The van der Waals surface area contributed by atoms with Crippen LogP contribution in [0.4, 0.5) is 0 Å². The van der Waals surface area contributed by atoms with Gasteiger partial charge in [0, 0.05) is 23.4 Å². The molecule has 42 heavy (non-hydrogen) atoms. The van der Waals surface area contributed by atoms with Crippen LogP contribution in [0.5, 0.6) is 11.5 Å². The molecule has 6 rings (SSSR count). The van der Waals surface area contributed by atoms with Crippen LogP contribution in [0.1, 0.15) is 76.8 Å². The first-order valence-corrected chi connectivity index (χ1v) is 15.8. The van der Waals surface area contributed by atoms with E-state index in [2.05, 4.69) is 42.3 Å². The normalized spacial score (nSPS) is 21.5. The fourth-order valence-electron chi connectivity index (χ4n) is 6.09. The van der Waals surface area contributed by atoms with E-state index in [4.69, 9.17) is 9.47 Å². The summed E-state index contributed by atoms with van der Waals surface area (Å²) in [5.41, 5.74) is 6.11. The molecule has 1 saturated heterocycles. The first-order chi connectivity index (χ1) is 20.4. The fourth-order valence-corrected chi connectivity index (χ4v) is 7.56. The second-order valence-electron chi connectivity index (χ2n) is 11.6. The number of amides is 2. The number of ether oxygens (including phenoxy) is 2. The number of hydrogen-bond acceptors (Lipinski definition) is 5. The molecule has 2 fully saturated rings. The largest absolute Gasteiger partial charge is 0.486 e. The summed E-state index contributed by atoms with van der Waals surface area (Å²) in [4.78, 5) is 29.8. The summed E-state index contributed by atoms with van der Waals surface area (Å²) in [6, 6.07) is 19.8. The van der Waals surface area contributed by atoms with Crippen molar-refractivity contribution in [3.63, 3.8) is 0 Å². The summed E-state index contributed by atoms with van der Waals surface area (Å²) in [5, 5.41) is 3.50. The molecule has 0 spiro atoms. The molecule has 3 atom stereocenters. The van der Waals surface area contributed by atoms with E-state index in [1.165, 1.54) is 29.5 Å². The van der Waals surface area contributed by atoms with Crippen molar-refractivity contribution in [1.29, 1.82) is 0 Å². The highest BCUT2D eigenvalue weighted by molar-refractivity contribution is 8.04. The van der Waals surface area contributed by atoms with Crippen LogP contribution in [-0.2, 0) is 11.3 Å². The van der Waals surface area contributed by atoms with Crippen LogP contribution in [-0.4, -0.2) is 41.2 Å². The summed E-state index contributed by atoms with van der Waals surface area (Å²) < 4.78 is 11.3. The van der Waals surface area contributed by atoms with Gasteiger partial charge in [0.2, 0.25) is 0 Å². The lowest BCUT2D eigenvalue weighted by molar-refractivity contribution is -0.130.